The van der Waals surface area contributed by atoms with Crippen LogP contribution >= 0.6 is 0 Å². The normalized spacial score (nSPS) is 17.7. The van der Waals surface area contributed by atoms with Gasteiger partial charge in [-0.25, -0.2) is 4.79 Å². The molecular weight excluding hydrogens is 344 g/mol. The number of hydrogen-bond acceptors (Lipinski definition) is 4. The number of rotatable bonds is 9. The topological polar surface area (TPSA) is 55.8 Å². The van der Waals surface area contributed by atoms with Crippen LogP contribution in [0.4, 0.5) is 0 Å². The summed E-state index contributed by atoms with van der Waals surface area (Å²) in [5, 5.41) is 10.8. The predicted octanol–water partition coefficient (Wildman–Crippen LogP) is 5.24. The lowest BCUT2D eigenvalue weighted by molar-refractivity contribution is -0.136. The molecule has 5 heteroatoms. The molecule has 0 spiro atoms. The molecule has 0 bridgehead atoms. The second kappa shape index (κ2) is 10.4. The van der Waals surface area contributed by atoms with Gasteiger partial charge in [0.2, 0.25) is 0 Å². The molecule has 0 aliphatic carbocycles. The third-order valence-corrected chi connectivity index (χ3v) is 9.92. The number of aliphatic hydroxyl groups is 1. The number of esters is 1. The SMILES string of the molecule is CC/C=C(\C)[C@@H](O[Si](C)(C)C(C)(C)C)[C@@H](C)[C@H](O)C/C=C(\C)C(=O)OC. The van der Waals surface area contributed by atoms with Crippen LogP contribution < -0.4 is 0 Å². The van der Waals surface area contributed by atoms with Crippen molar-refractivity contribution in [2.24, 2.45) is 5.92 Å². The molecule has 0 saturated carbocycles. The molecule has 1 N–H and O–H groups in total. The minimum atomic E-state index is -1.98. The van der Waals surface area contributed by atoms with Gasteiger partial charge in [-0.1, -0.05) is 46.8 Å². The number of aliphatic hydroxyl groups excluding tert-OH is 1. The Balaban J connectivity index is 5.44. The lowest BCUT2D eigenvalue weighted by atomic mass is 9.90. The molecule has 0 unspecified atom stereocenters. The van der Waals surface area contributed by atoms with Crippen molar-refractivity contribution in [3.8, 4) is 0 Å². The molecule has 3 atom stereocenters. The highest BCUT2D eigenvalue weighted by molar-refractivity contribution is 6.74. The van der Waals surface area contributed by atoms with E-state index in [0.717, 1.165) is 12.0 Å². The fourth-order valence-corrected chi connectivity index (χ4v) is 3.89. The number of hydrogen-bond donors (Lipinski definition) is 1. The van der Waals surface area contributed by atoms with Crippen molar-refractivity contribution in [2.75, 3.05) is 7.11 Å². The van der Waals surface area contributed by atoms with Gasteiger partial charge >= 0.3 is 5.97 Å². The van der Waals surface area contributed by atoms with Gasteiger partial charge in [0.25, 0.3) is 0 Å². The Hall–Kier alpha value is -0.913. The highest BCUT2D eigenvalue weighted by Gasteiger charge is 2.41. The predicted molar refractivity (Wildman–Crippen MR) is 112 cm³/mol. The summed E-state index contributed by atoms with van der Waals surface area (Å²) < 4.78 is 11.4. The fourth-order valence-electron chi connectivity index (χ4n) is 2.51. The van der Waals surface area contributed by atoms with Crippen molar-refractivity contribution in [2.45, 2.75) is 91.6 Å². The Morgan fingerprint density at radius 3 is 2.15 bits per heavy atom. The number of methoxy groups -OCH3 is 1. The maximum atomic E-state index is 11.5. The van der Waals surface area contributed by atoms with Crippen molar-refractivity contribution in [3.05, 3.63) is 23.3 Å². The van der Waals surface area contributed by atoms with Crippen LogP contribution in [-0.2, 0) is 14.0 Å². The summed E-state index contributed by atoms with van der Waals surface area (Å²) in [6.07, 6.45) is 4.54. The zero-order chi connectivity index (χ0) is 20.7. The molecular formula is C21H40O4Si. The maximum Gasteiger partial charge on any atom is 0.333 e. The van der Waals surface area contributed by atoms with Crippen LogP contribution in [-0.4, -0.2) is 38.7 Å². The third-order valence-electron chi connectivity index (χ3n) is 5.46. The molecule has 0 fully saturated rings. The first-order valence-corrected chi connectivity index (χ1v) is 12.5. The molecule has 0 aliphatic heterocycles. The van der Waals surface area contributed by atoms with E-state index in [1.165, 1.54) is 7.11 Å². The first kappa shape index (κ1) is 25.1. The number of carbonyl (C=O) groups is 1. The highest BCUT2D eigenvalue weighted by Crippen LogP contribution is 2.39. The van der Waals surface area contributed by atoms with Gasteiger partial charge in [-0.15, -0.1) is 0 Å². The Bertz CT molecular complexity index is 515. The Morgan fingerprint density at radius 1 is 1.19 bits per heavy atom. The molecule has 0 amide bonds. The van der Waals surface area contributed by atoms with E-state index >= 15 is 0 Å². The monoisotopic (exact) mass is 384 g/mol. The summed E-state index contributed by atoms with van der Waals surface area (Å²) in [4.78, 5) is 11.5. The molecule has 4 nitrogen and oxygen atoms in total. The molecule has 0 aromatic heterocycles. The minimum absolute atomic E-state index is 0.0754. The van der Waals surface area contributed by atoms with Crippen LogP contribution in [0.3, 0.4) is 0 Å². The van der Waals surface area contributed by atoms with Gasteiger partial charge in [-0.3, -0.25) is 0 Å². The first-order chi connectivity index (χ1) is 11.8. The van der Waals surface area contributed by atoms with E-state index in [2.05, 4.69) is 53.8 Å². The maximum absolute atomic E-state index is 11.5. The van der Waals surface area contributed by atoms with Crippen LogP contribution in [0.5, 0.6) is 0 Å². The number of allylic oxidation sites excluding steroid dienone is 1. The first-order valence-electron chi connectivity index (χ1n) is 9.56. The summed E-state index contributed by atoms with van der Waals surface area (Å²) in [7, 11) is -0.617. The van der Waals surface area contributed by atoms with Crippen molar-refractivity contribution in [3.63, 3.8) is 0 Å². The average Bonchev–Trinajstić information content (AvgIpc) is 2.54. The second-order valence-corrected chi connectivity index (χ2v) is 13.5. The zero-order valence-electron chi connectivity index (χ0n) is 18.5. The van der Waals surface area contributed by atoms with Gasteiger partial charge in [0.1, 0.15) is 0 Å². The van der Waals surface area contributed by atoms with Crippen LogP contribution in [0.15, 0.2) is 23.3 Å². The minimum Gasteiger partial charge on any atom is -0.466 e. The van der Waals surface area contributed by atoms with Crippen LogP contribution in [0.25, 0.3) is 0 Å². The molecule has 0 saturated heterocycles. The van der Waals surface area contributed by atoms with Crippen molar-refractivity contribution in [1.82, 2.24) is 0 Å². The van der Waals surface area contributed by atoms with E-state index < -0.39 is 14.4 Å². The van der Waals surface area contributed by atoms with Gasteiger partial charge in [0.15, 0.2) is 8.32 Å². The molecule has 0 heterocycles. The van der Waals surface area contributed by atoms with E-state index in [1.807, 2.05) is 6.92 Å². The van der Waals surface area contributed by atoms with Gasteiger partial charge in [0.05, 0.1) is 19.3 Å². The summed E-state index contributed by atoms with van der Waals surface area (Å²) in [6, 6.07) is 0. The van der Waals surface area contributed by atoms with E-state index in [4.69, 9.17) is 9.16 Å². The Kier molecular flexibility index (Phi) is 10.1. The standard InChI is InChI=1S/C21H40O4Si/c1-11-12-15(2)19(25-26(9,10)21(5,6)7)17(4)18(22)14-13-16(3)20(23)24-8/h12-13,17-19,22H,11,14H2,1-10H3/b15-12+,16-13+/t17-,18+,19+/m0/s1. The van der Waals surface area contributed by atoms with E-state index in [1.54, 1.807) is 13.0 Å². The fraction of sp³-hybridized carbons (Fsp3) is 0.762. The van der Waals surface area contributed by atoms with Gasteiger partial charge in [-0.05, 0) is 50.4 Å². The van der Waals surface area contributed by atoms with Gasteiger partial charge in [-0.2, -0.15) is 0 Å². The van der Waals surface area contributed by atoms with Crippen LogP contribution in [0, 0.1) is 5.92 Å². The quantitative estimate of drug-likeness (QED) is 0.256. The molecule has 0 aromatic carbocycles. The number of carbonyl (C=O) groups excluding carboxylic acids is 1. The van der Waals surface area contributed by atoms with Crippen molar-refractivity contribution in [1.29, 1.82) is 0 Å². The van der Waals surface area contributed by atoms with Crippen molar-refractivity contribution < 1.29 is 19.1 Å². The Labute approximate surface area is 161 Å². The van der Waals surface area contributed by atoms with Gasteiger partial charge in [0, 0.05) is 11.5 Å². The summed E-state index contributed by atoms with van der Waals surface area (Å²) >= 11 is 0. The number of ether oxygens (including phenoxy) is 1. The second-order valence-electron chi connectivity index (χ2n) is 8.70. The molecule has 0 rings (SSSR count). The molecule has 0 aliphatic rings. The third kappa shape index (κ3) is 7.37. The van der Waals surface area contributed by atoms with Gasteiger partial charge < -0.3 is 14.3 Å². The lowest BCUT2D eigenvalue weighted by Crippen LogP contribution is -2.47. The Morgan fingerprint density at radius 2 is 1.73 bits per heavy atom. The molecule has 0 aromatic rings. The summed E-state index contributed by atoms with van der Waals surface area (Å²) in [5.41, 5.74) is 1.68. The van der Waals surface area contributed by atoms with Crippen molar-refractivity contribution >= 4 is 14.3 Å². The van der Waals surface area contributed by atoms with Crippen LogP contribution in [0.2, 0.25) is 18.1 Å². The van der Waals surface area contributed by atoms with E-state index in [0.29, 0.717) is 12.0 Å². The largest absolute Gasteiger partial charge is 0.466 e. The zero-order valence-corrected chi connectivity index (χ0v) is 19.5. The smallest absolute Gasteiger partial charge is 0.333 e. The van der Waals surface area contributed by atoms with E-state index in [9.17, 15) is 9.90 Å². The molecule has 0 radical (unpaired) electrons. The van der Waals surface area contributed by atoms with E-state index in [-0.39, 0.29) is 23.0 Å². The average molecular weight is 385 g/mol. The lowest BCUT2D eigenvalue weighted by Gasteiger charge is -2.42. The summed E-state index contributed by atoms with van der Waals surface area (Å²) in [6.45, 7) is 19.1. The molecule has 26 heavy (non-hydrogen) atoms. The molecule has 152 valence electrons. The summed E-state index contributed by atoms with van der Waals surface area (Å²) in [5.74, 6) is -0.436. The van der Waals surface area contributed by atoms with Crippen LogP contribution in [0.1, 0.15) is 61.3 Å². The highest BCUT2D eigenvalue weighted by atomic mass is 28.4.